The molecular weight excluding hydrogens is 328 g/mol. The van der Waals surface area contributed by atoms with Gasteiger partial charge in [-0.3, -0.25) is 9.12 Å². The second-order valence-electron chi connectivity index (χ2n) is 4.16. The van der Waals surface area contributed by atoms with E-state index in [1.54, 1.807) is 23.7 Å². The zero-order chi connectivity index (χ0) is 15.0. The Labute approximate surface area is 130 Å². The minimum absolute atomic E-state index is 0.00372. The fourth-order valence-electron chi connectivity index (χ4n) is 1.97. The number of para-hydroxylation sites is 1. The molecule has 0 aliphatic carbocycles. The molecule has 0 saturated heterocycles. The van der Waals surface area contributed by atoms with E-state index < -0.39 is 10.0 Å². The van der Waals surface area contributed by atoms with Crippen molar-refractivity contribution in [3.05, 3.63) is 35.8 Å². The normalized spacial score (nSPS) is 11.9. The molecule has 1 aromatic carbocycles. The summed E-state index contributed by atoms with van der Waals surface area (Å²) in [5.41, 5.74) is 6.28. The minimum Gasteiger partial charge on any atom is -0.381 e. The van der Waals surface area contributed by atoms with Gasteiger partial charge in [-0.15, -0.1) is 23.1 Å². The van der Waals surface area contributed by atoms with Crippen LogP contribution in [0.4, 0.5) is 11.5 Å². The van der Waals surface area contributed by atoms with Gasteiger partial charge in [0.05, 0.1) is 5.69 Å². The van der Waals surface area contributed by atoms with Crippen LogP contribution in [0.2, 0.25) is 0 Å². The van der Waals surface area contributed by atoms with Gasteiger partial charge in [-0.1, -0.05) is 12.1 Å². The number of benzene rings is 1. The van der Waals surface area contributed by atoms with Crippen LogP contribution in [0.25, 0.3) is 4.96 Å². The molecule has 0 fully saturated rings. The Balaban J connectivity index is 2.09. The van der Waals surface area contributed by atoms with E-state index in [2.05, 4.69) is 9.71 Å². The number of nitrogens with one attached hydrogen (secondary N) is 1. The maximum absolute atomic E-state index is 12.6. The molecule has 3 rings (SSSR count). The molecule has 0 aliphatic rings. The molecule has 2 aromatic heterocycles. The zero-order valence-corrected chi connectivity index (χ0v) is 13.4. The Morgan fingerprint density at radius 1 is 1.38 bits per heavy atom. The summed E-state index contributed by atoms with van der Waals surface area (Å²) >= 11 is 2.79. The molecule has 0 atom stereocenters. The number of hydrogen-bond donors (Lipinski definition) is 2. The van der Waals surface area contributed by atoms with Crippen LogP contribution in [-0.2, 0) is 10.0 Å². The molecule has 0 amide bonds. The van der Waals surface area contributed by atoms with Crippen LogP contribution in [-0.4, -0.2) is 24.1 Å². The van der Waals surface area contributed by atoms with E-state index in [1.807, 2.05) is 18.4 Å². The summed E-state index contributed by atoms with van der Waals surface area (Å²) in [6, 6.07) is 7.19. The fourth-order valence-corrected chi connectivity index (χ4v) is 4.66. The molecule has 3 N–H and O–H groups in total. The van der Waals surface area contributed by atoms with Crippen molar-refractivity contribution in [1.29, 1.82) is 0 Å². The van der Waals surface area contributed by atoms with Gasteiger partial charge in [-0.2, -0.15) is 8.42 Å². The molecule has 0 radical (unpaired) electrons. The highest BCUT2D eigenvalue weighted by Crippen LogP contribution is 2.29. The van der Waals surface area contributed by atoms with Crippen molar-refractivity contribution in [3.63, 3.8) is 0 Å². The van der Waals surface area contributed by atoms with Crippen molar-refractivity contribution in [3.8, 4) is 0 Å². The first-order chi connectivity index (χ1) is 10.0. The molecule has 3 aromatic rings. The van der Waals surface area contributed by atoms with Gasteiger partial charge < -0.3 is 5.73 Å². The van der Waals surface area contributed by atoms with Gasteiger partial charge in [0, 0.05) is 16.5 Å². The average Bonchev–Trinajstić information content (AvgIpc) is 2.98. The number of rotatable bonds is 4. The molecule has 6 nitrogen and oxygen atoms in total. The number of nitrogen functional groups attached to an aromatic ring is 1. The van der Waals surface area contributed by atoms with E-state index in [-0.39, 0.29) is 10.8 Å². The second kappa shape index (κ2) is 5.24. The molecule has 0 saturated carbocycles. The Hall–Kier alpha value is -1.71. The maximum atomic E-state index is 12.6. The lowest BCUT2D eigenvalue weighted by molar-refractivity contribution is 0.597. The van der Waals surface area contributed by atoms with Crippen molar-refractivity contribution in [2.75, 3.05) is 16.7 Å². The van der Waals surface area contributed by atoms with Crippen molar-refractivity contribution in [2.24, 2.45) is 0 Å². The van der Waals surface area contributed by atoms with E-state index >= 15 is 0 Å². The van der Waals surface area contributed by atoms with Crippen LogP contribution in [0.3, 0.4) is 0 Å². The van der Waals surface area contributed by atoms with E-state index in [0.717, 1.165) is 4.90 Å². The molecule has 110 valence electrons. The number of imidazole rings is 1. The van der Waals surface area contributed by atoms with Crippen molar-refractivity contribution in [2.45, 2.75) is 9.92 Å². The van der Waals surface area contributed by atoms with E-state index in [1.165, 1.54) is 27.5 Å². The first kappa shape index (κ1) is 14.2. The van der Waals surface area contributed by atoms with Crippen LogP contribution in [0.1, 0.15) is 0 Å². The number of hydrogen-bond acceptors (Lipinski definition) is 6. The Kier molecular flexibility index (Phi) is 3.56. The standard InChI is InChI=1S/C12H12N4O2S3/c1-19-9-5-3-2-4-8(9)15-21(17,18)11-10(13)14-12-16(11)6-7-20-12/h2-7,15H,13H2,1H3. The molecule has 0 spiro atoms. The number of aromatic nitrogens is 2. The van der Waals surface area contributed by atoms with E-state index in [0.29, 0.717) is 10.6 Å². The molecule has 2 heterocycles. The van der Waals surface area contributed by atoms with Crippen LogP contribution < -0.4 is 10.5 Å². The summed E-state index contributed by atoms with van der Waals surface area (Å²) in [5, 5.41) is 1.73. The van der Waals surface area contributed by atoms with Crippen LogP contribution in [0, 0.1) is 0 Å². The Morgan fingerprint density at radius 2 is 2.14 bits per heavy atom. The predicted molar refractivity (Wildman–Crippen MR) is 86.5 cm³/mol. The number of nitrogens with zero attached hydrogens (tertiary/aromatic N) is 2. The number of anilines is 2. The van der Waals surface area contributed by atoms with Gasteiger partial charge in [-0.25, -0.2) is 4.98 Å². The highest BCUT2D eigenvalue weighted by molar-refractivity contribution is 7.99. The Bertz CT molecular complexity index is 898. The Morgan fingerprint density at radius 3 is 2.90 bits per heavy atom. The molecule has 0 bridgehead atoms. The monoisotopic (exact) mass is 340 g/mol. The summed E-state index contributed by atoms with van der Waals surface area (Å²) in [5.74, 6) is -0.00372. The lowest BCUT2D eigenvalue weighted by Gasteiger charge is -2.10. The summed E-state index contributed by atoms with van der Waals surface area (Å²) in [6.45, 7) is 0. The van der Waals surface area contributed by atoms with Gasteiger partial charge in [-0.05, 0) is 18.4 Å². The number of nitrogens with two attached hydrogens (primary N) is 1. The number of sulfonamides is 1. The van der Waals surface area contributed by atoms with Crippen molar-refractivity contribution < 1.29 is 8.42 Å². The summed E-state index contributed by atoms with van der Waals surface area (Å²) in [6.07, 6.45) is 3.52. The van der Waals surface area contributed by atoms with Gasteiger partial charge in [0.15, 0.2) is 10.8 Å². The zero-order valence-electron chi connectivity index (χ0n) is 11.0. The van der Waals surface area contributed by atoms with Crippen LogP contribution >= 0.6 is 23.1 Å². The van der Waals surface area contributed by atoms with Crippen molar-refractivity contribution >= 4 is 49.6 Å². The maximum Gasteiger partial charge on any atom is 0.281 e. The third-order valence-corrected chi connectivity index (χ3v) is 5.81. The fraction of sp³-hybridized carbons (Fsp3) is 0.0833. The van der Waals surface area contributed by atoms with Gasteiger partial charge >= 0.3 is 0 Å². The van der Waals surface area contributed by atoms with Gasteiger partial charge in [0.2, 0.25) is 5.03 Å². The first-order valence-electron chi connectivity index (χ1n) is 5.90. The van der Waals surface area contributed by atoms with E-state index in [4.69, 9.17) is 5.73 Å². The molecular formula is C12H12N4O2S3. The second-order valence-corrected chi connectivity index (χ2v) is 7.48. The van der Waals surface area contributed by atoms with Gasteiger partial charge in [0.25, 0.3) is 10.0 Å². The molecule has 0 aliphatic heterocycles. The van der Waals surface area contributed by atoms with Crippen LogP contribution in [0.5, 0.6) is 0 Å². The van der Waals surface area contributed by atoms with E-state index in [9.17, 15) is 8.42 Å². The average molecular weight is 340 g/mol. The minimum atomic E-state index is -3.81. The van der Waals surface area contributed by atoms with Gasteiger partial charge in [0.1, 0.15) is 0 Å². The summed E-state index contributed by atoms with van der Waals surface area (Å²) in [7, 11) is -3.81. The molecule has 9 heteroatoms. The topological polar surface area (TPSA) is 89.5 Å². The quantitative estimate of drug-likeness (QED) is 0.712. The van der Waals surface area contributed by atoms with Crippen LogP contribution in [0.15, 0.2) is 45.8 Å². The highest BCUT2D eigenvalue weighted by Gasteiger charge is 2.25. The summed E-state index contributed by atoms with van der Waals surface area (Å²) < 4.78 is 29.3. The third kappa shape index (κ3) is 2.47. The number of thiazole rings is 1. The highest BCUT2D eigenvalue weighted by atomic mass is 32.2. The first-order valence-corrected chi connectivity index (χ1v) is 9.48. The number of fused-ring (bicyclic) bond motifs is 1. The third-order valence-electron chi connectivity index (χ3n) is 2.85. The number of thioether (sulfide) groups is 1. The lowest BCUT2D eigenvalue weighted by Crippen LogP contribution is -2.16. The SMILES string of the molecule is CSc1ccccc1NS(=O)(=O)c1c(N)nc2sccn12. The lowest BCUT2D eigenvalue weighted by atomic mass is 10.3. The molecule has 0 unspecified atom stereocenters. The predicted octanol–water partition coefficient (Wildman–Crippen LogP) is 2.50. The summed E-state index contributed by atoms with van der Waals surface area (Å²) in [4.78, 5) is 5.44. The van der Waals surface area contributed by atoms with Crippen molar-refractivity contribution in [1.82, 2.24) is 9.38 Å². The molecule has 21 heavy (non-hydrogen) atoms. The smallest absolute Gasteiger partial charge is 0.281 e. The largest absolute Gasteiger partial charge is 0.381 e.